The van der Waals surface area contributed by atoms with Crippen LogP contribution < -0.4 is 5.32 Å². The Bertz CT molecular complexity index is 253. The summed E-state index contributed by atoms with van der Waals surface area (Å²) in [4.78, 5) is 22.5. The summed E-state index contributed by atoms with van der Waals surface area (Å²) in [6, 6.07) is -0.791. The van der Waals surface area contributed by atoms with Crippen LogP contribution in [0.5, 0.6) is 0 Å². The first-order valence-corrected chi connectivity index (χ1v) is 5.91. The van der Waals surface area contributed by atoms with Gasteiger partial charge in [-0.2, -0.15) is 0 Å². The Morgan fingerprint density at radius 2 is 1.88 bits per heavy atom. The van der Waals surface area contributed by atoms with E-state index in [1.54, 1.807) is 7.11 Å². The number of carbonyl (C=O) groups excluding carboxylic acids is 1. The Kier molecular flexibility index (Phi) is 7.54. The summed E-state index contributed by atoms with van der Waals surface area (Å²) >= 11 is 0. The smallest absolute Gasteiger partial charge is 0.326 e. The molecule has 5 nitrogen and oxygen atoms in total. The monoisotopic (exact) mass is 245 g/mol. The molecule has 0 heterocycles. The summed E-state index contributed by atoms with van der Waals surface area (Å²) in [5, 5.41) is 11.5. The van der Waals surface area contributed by atoms with Crippen molar-refractivity contribution in [3.8, 4) is 0 Å². The number of carboxylic acid groups (broad SMARTS) is 1. The van der Waals surface area contributed by atoms with Gasteiger partial charge < -0.3 is 15.2 Å². The van der Waals surface area contributed by atoms with Gasteiger partial charge in [0, 0.05) is 13.5 Å². The Morgan fingerprint density at radius 3 is 2.29 bits per heavy atom. The number of hydrogen-bond acceptors (Lipinski definition) is 3. The molecule has 0 aliphatic carbocycles. The van der Waals surface area contributed by atoms with Crippen molar-refractivity contribution in [2.24, 2.45) is 5.92 Å². The molecule has 1 amide bonds. The molecule has 0 fully saturated rings. The van der Waals surface area contributed by atoms with Crippen LogP contribution in [0.4, 0.5) is 0 Å². The predicted octanol–water partition coefficient (Wildman–Crippen LogP) is 1.42. The molecule has 2 unspecified atom stereocenters. The maximum Gasteiger partial charge on any atom is 0.326 e. The molecule has 0 aromatic carbocycles. The van der Waals surface area contributed by atoms with E-state index in [9.17, 15) is 9.59 Å². The van der Waals surface area contributed by atoms with Gasteiger partial charge in [0.25, 0.3) is 0 Å². The second-order valence-corrected chi connectivity index (χ2v) is 4.67. The molecule has 2 atom stereocenters. The van der Waals surface area contributed by atoms with Crippen molar-refractivity contribution in [1.82, 2.24) is 5.32 Å². The van der Waals surface area contributed by atoms with Gasteiger partial charge >= 0.3 is 5.97 Å². The van der Waals surface area contributed by atoms with Crippen LogP contribution in [0.15, 0.2) is 0 Å². The molecule has 0 radical (unpaired) electrons. The van der Waals surface area contributed by atoms with Crippen LogP contribution in [-0.4, -0.2) is 36.2 Å². The molecule has 0 saturated carbocycles. The Hall–Kier alpha value is -1.10. The minimum atomic E-state index is -0.980. The number of nitrogens with one attached hydrogen (secondary N) is 1. The van der Waals surface area contributed by atoms with Gasteiger partial charge in [-0.3, -0.25) is 4.79 Å². The average Bonchev–Trinajstić information content (AvgIpc) is 2.24. The van der Waals surface area contributed by atoms with E-state index in [4.69, 9.17) is 9.84 Å². The number of hydrogen-bond donors (Lipinski definition) is 2. The first kappa shape index (κ1) is 15.9. The summed E-state index contributed by atoms with van der Waals surface area (Å²) in [7, 11) is 1.58. The van der Waals surface area contributed by atoms with Gasteiger partial charge in [-0.15, -0.1) is 0 Å². The second-order valence-electron chi connectivity index (χ2n) is 4.67. The fourth-order valence-electron chi connectivity index (χ4n) is 1.41. The van der Waals surface area contributed by atoms with Crippen molar-refractivity contribution in [2.75, 3.05) is 7.11 Å². The lowest BCUT2D eigenvalue weighted by atomic mass is 10.0. The summed E-state index contributed by atoms with van der Waals surface area (Å²) in [5.41, 5.74) is 0. The maximum atomic E-state index is 11.5. The van der Waals surface area contributed by atoms with Crippen LogP contribution >= 0.6 is 0 Å². The summed E-state index contributed by atoms with van der Waals surface area (Å²) < 4.78 is 5.02. The normalized spacial score (nSPS) is 14.4. The van der Waals surface area contributed by atoms with E-state index >= 15 is 0 Å². The zero-order chi connectivity index (χ0) is 13.4. The lowest BCUT2D eigenvalue weighted by molar-refractivity contribution is -0.142. The molecule has 0 rings (SSSR count). The maximum absolute atomic E-state index is 11.5. The van der Waals surface area contributed by atoms with E-state index in [1.165, 1.54) is 0 Å². The molecule has 0 aromatic heterocycles. The Labute approximate surface area is 103 Å². The molecule has 100 valence electrons. The minimum Gasteiger partial charge on any atom is -0.480 e. The lowest BCUT2D eigenvalue weighted by Gasteiger charge is -2.17. The fraction of sp³-hybridized carbons (Fsp3) is 0.833. The third-order valence-corrected chi connectivity index (χ3v) is 2.52. The second kappa shape index (κ2) is 8.06. The largest absolute Gasteiger partial charge is 0.480 e. The van der Waals surface area contributed by atoms with Gasteiger partial charge in [0.05, 0.1) is 6.10 Å². The SMILES string of the molecule is COC(C)CCC(=O)NC(CC(C)C)C(=O)O. The number of aliphatic carboxylic acids is 1. The fourth-order valence-corrected chi connectivity index (χ4v) is 1.41. The predicted molar refractivity (Wildman–Crippen MR) is 64.7 cm³/mol. The van der Waals surface area contributed by atoms with Gasteiger partial charge in [-0.1, -0.05) is 13.8 Å². The van der Waals surface area contributed by atoms with Crippen LogP contribution in [0, 0.1) is 5.92 Å². The molecule has 5 heteroatoms. The Morgan fingerprint density at radius 1 is 1.29 bits per heavy atom. The van der Waals surface area contributed by atoms with Gasteiger partial charge in [0.15, 0.2) is 0 Å². The molecule has 0 saturated heterocycles. The van der Waals surface area contributed by atoms with E-state index in [0.717, 1.165) is 0 Å². The highest BCUT2D eigenvalue weighted by atomic mass is 16.5. The first-order chi connectivity index (χ1) is 7.86. The van der Waals surface area contributed by atoms with Crippen molar-refractivity contribution >= 4 is 11.9 Å². The van der Waals surface area contributed by atoms with Crippen LogP contribution in [0.2, 0.25) is 0 Å². The highest BCUT2D eigenvalue weighted by molar-refractivity contribution is 5.83. The van der Waals surface area contributed by atoms with Crippen molar-refractivity contribution in [3.63, 3.8) is 0 Å². The highest BCUT2D eigenvalue weighted by Gasteiger charge is 2.20. The number of amides is 1. The molecular weight excluding hydrogens is 222 g/mol. The lowest BCUT2D eigenvalue weighted by Crippen LogP contribution is -2.41. The summed E-state index contributed by atoms with van der Waals surface area (Å²) in [5.74, 6) is -0.983. The van der Waals surface area contributed by atoms with E-state index < -0.39 is 12.0 Å². The number of methoxy groups -OCH3 is 1. The van der Waals surface area contributed by atoms with E-state index in [0.29, 0.717) is 12.8 Å². The van der Waals surface area contributed by atoms with Crippen molar-refractivity contribution in [1.29, 1.82) is 0 Å². The number of ether oxygens (including phenoxy) is 1. The molecule has 0 bridgehead atoms. The van der Waals surface area contributed by atoms with Gasteiger partial charge in [0.1, 0.15) is 6.04 Å². The molecule has 0 aliphatic rings. The third kappa shape index (κ3) is 7.74. The molecular formula is C12H23NO4. The highest BCUT2D eigenvalue weighted by Crippen LogP contribution is 2.06. The molecule has 2 N–H and O–H groups in total. The van der Waals surface area contributed by atoms with Crippen molar-refractivity contribution < 1.29 is 19.4 Å². The van der Waals surface area contributed by atoms with Crippen LogP contribution in [-0.2, 0) is 14.3 Å². The van der Waals surface area contributed by atoms with Crippen molar-refractivity contribution in [3.05, 3.63) is 0 Å². The third-order valence-electron chi connectivity index (χ3n) is 2.52. The van der Waals surface area contributed by atoms with Crippen LogP contribution in [0.3, 0.4) is 0 Å². The molecule has 0 spiro atoms. The number of rotatable bonds is 8. The van der Waals surface area contributed by atoms with E-state index in [2.05, 4.69) is 5.32 Å². The molecule has 0 aromatic rings. The molecule has 0 aliphatic heterocycles. The minimum absolute atomic E-state index is 0.00845. The quantitative estimate of drug-likeness (QED) is 0.678. The van der Waals surface area contributed by atoms with E-state index in [-0.39, 0.29) is 24.3 Å². The number of carbonyl (C=O) groups is 2. The topological polar surface area (TPSA) is 75.6 Å². The van der Waals surface area contributed by atoms with Gasteiger partial charge in [-0.05, 0) is 25.7 Å². The number of carboxylic acids is 1. The summed E-state index contributed by atoms with van der Waals surface area (Å²) in [6.07, 6.45) is 1.34. The van der Waals surface area contributed by atoms with Gasteiger partial charge in [-0.25, -0.2) is 4.79 Å². The zero-order valence-electron chi connectivity index (χ0n) is 11.0. The first-order valence-electron chi connectivity index (χ1n) is 5.91. The van der Waals surface area contributed by atoms with Crippen molar-refractivity contribution in [2.45, 2.75) is 52.2 Å². The average molecular weight is 245 g/mol. The summed E-state index contributed by atoms with van der Waals surface area (Å²) in [6.45, 7) is 5.72. The Balaban J connectivity index is 4.08. The van der Waals surface area contributed by atoms with E-state index in [1.807, 2.05) is 20.8 Å². The molecule has 17 heavy (non-hydrogen) atoms. The zero-order valence-corrected chi connectivity index (χ0v) is 11.0. The van der Waals surface area contributed by atoms with Crippen LogP contribution in [0.25, 0.3) is 0 Å². The van der Waals surface area contributed by atoms with Crippen LogP contribution in [0.1, 0.15) is 40.0 Å². The van der Waals surface area contributed by atoms with Gasteiger partial charge in [0.2, 0.25) is 5.91 Å². The standard InChI is InChI=1S/C12H23NO4/c1-8(2)7-10(12(15)16)13-11(14)6-5-9(3)17-4/h8-10H,5-7H2,1-4H3,(H,13,14)(H,15,16).